The maximum atomic E-state index is 12.4. The SMILES string of the molecule is O=C1NC(=Nc2ccc(Cl)cc2)S/C1=C\c1cc(Cl)c(OCc2ccccc2Cl)c(Br)c1. The molecule has 0 radical (unpaired) electrons. The lowest BCUT2D eigenvalue weighted by Gasteiger charge is -2.12. The fraction of sp³-hybridized carbons (Fsp3) is 0.0435. The summed E-state index contributed by atoms with van der Waals surface area (Å²) in [4.78, 5) is 17.3. The average molecular weight is 569 g/mol. The minimum absolute atomic E-state index is 0.228. The predicted molar refractivity (Wildman–Crippen MR) is 137 cm³/mol. The maximum Gasteiger partial charge on any atom is 0.264 e. The van der Waals surface area contributed by atoms with Crippen molar-refractivity contribution in [2.24, 2.45) is 4.99 Å². The molecule has 0 spiro atoms. The van der Waals surface area contributed by atoms with Gasteiger partial charge in [-0.15, -0.1) is 0 Å². The van der Waals surface area contributed by atoms with Crippen molar-refractivity contribution in [1.29, 1.82) is 0 Å². The molecule has 0 aromatic heterocycles. The highest BCUT2D eigenvalue weighted by Gasteiger charge is 2.24. The minimum atomic E-state index is -0.228. The first-order valence-electron chi connectivity index (χ1n) is 9.29. The fourth-order valence-corrected chi connectivity index (χ4v) is 4.98. The molecule has 0 saturated carbocycles. The van der Waals surface area contributed by atoms with Gasteiger partial charge >= 0.3 is 0 Å². The molecule has 4 rings (SSSR count). The molecule has 32 heavy (non-hydrogen) atoms. The lowest BCUT2D eigenvalue weighted by molar-refractivity contribution is -0.115. The van der Waals surface area contributed by atoms with Crippen molar-refractivity contribution in [2.75, 3.05) is 0 Å². The number of nitrogens with one attached hydrogen (secondary N) is 1. The van der Waals surface area contributed by atoms with Gasteiger partial charge in [-0.05, 0) is 81.8 Å². The van der Waals surface area contributed by atoms with Crippen molar-refractivity contribution in [1.82, 2.24) is 5.32 Å². The lowest BCUT2D eigenvalue weighted by Crippen LogP contribution is -2.19. The van der Waals surface area contributed by atoms with Crippen LogP contribution in [0, 0.1) is 0 Å². The van der Waals surface area contributed by atoms with Gasteiger partial charge in [0.1, 0.15) is 6.61 Å². The molecule has 3 aromatic rings. The Balaban J connectivity index is 1.51. The summed E-state index contributed by atoms with van der Waals surface area (Å²) in [6, 6.07) is 18.1. The van der Waals surface area contributed by atoms with Crippen molar-refractivity contribution in [3.05, 3.63) is 96.2 Å². The van der Waals surface area contributed by atoms with Gasteiger partial charge in [-0.2, -0.15) is 0 Å². The van der Waals surface area contributed by atoms with E-state index in [9.17, 15) is 4.79 Å². The zero-order valence-corrected chi connectivity index (χ0v) is 20.9. The summed E-state index contributed by atoms with van der Waals surface area (Å²) in [5, 5.41) is 4.92. The summed E-state index contributed by atoms with van der Waals surface area (Å²) in [6.45, 7) is 0.279. The van der Waals surface area contributed by atoms with Crippen molar-refractivity contribution in [3.63, 3.8) is 0 Å². The first-order valence-corrected chi connectivity index (χ1v) is 12.0. The molecule has 1 aliphatic rings. The van der Waals surface area contributed by atoms with E-state index >= 15 is 0 Å². The third-order valence-electron chi connectivity index (χ3n) is 4.36. The highest BCUT2D eigenvalue weighted by atomic mass is 79.9. The number of carbonyl (C=O) groups is 1. The molecule has 0 aliphatic carbocycles. The Kier molecular flexibility index (Phi) is 7.48. The van der Waals surface area contributed by atoms with E-state index in [0.29, 0.717) is 41.1 Å². The molecule has 1 aliphatic heterocycles. The number of carbonyl (C=O) groups excluding carboxylic acids is 1. The summed E-state index contributed by atoms with van der Waals surface area (Å²) in [7, 11) is 0. The van der Waals surface area contributed by atoms with E-state index in [2.05, 4.69) is 26.2 Å². The third kappa shape index (κ3) is 5.69. The number of halogens is 4. The van der Waals surface area contributed by atoms with Crippen LogP contribution in [-0.2, 0) is 11.4 Å². The zero-order valence-electron chi connectivity index (χ0n) is 16.2. The van der Waals surface area contributed by atoms with E-state index in [-0.39, 0.29) is 12.5 Å². The molecule has 0 bridgehead atoms. The van der Waals surface area contributed by atoms with Crippen LogP contribution in [0.3, 0.4) is 0 Å². The van der Waals surface area contributed by atoms with Gasteiger partial charge < -0.3 is 10.1 Å². The second kappa shape index (κ2) is 10.3. The average Bonchev–Trinajstić information content (AvgIpc) is 3.09. The number of rotatable bonds is 5. The highest BCUT2D eigenvalue weighted by Crippen LogP contribution is 2.37. The van der Waals surface area contributed by atoms with Gasteiger partial charge in [-0.1, -0.05) is 53.0 Å². The van der Waals surface area contributed by atoms with Gasteiger partial charge in [-0.3, -0.25) is 4.79 Å². The fourth-order valence-electron chi connectivity index (χ4n) is 2.83. The number of nitrogens with zero attached hydrogens (tertiary/aromatic N) is 1. The van der Waals surface area contributed by atoms with E-state index in [1.807, 2.05) is 24.3 Å². The number of thioether (sulfide) groups is 1. The molecule has 0 atom stereocenters. The molecule has 3 aromatic carbocycles. The minimum Gasteiger partial charge on any atom is -0.486 e. The molecule has 1 heterocycles. The number of amides is 1. The Morgan fingerprint density at radius 3 is 2.50 bits per heavy atom. The zero-order chi connectivity index (χ0) is 22.7. The first-order chi connectivity index (χ1) is 15.4. The van der Waals surface area contributed by atoms with Crippen molar-refractivity contribution < 1.29 is 9.53 Å². The first kappa shape index (κ1) is 23.2. The summed E-state index contributed by atoms with van der Waals surface area (Å²) < 4.78 is 6.54. The molecule has 1 fully saturated rings. The van der Waals surface area contributed by atoms with Gasteiger partial charge in [0.2, 0.25) is 0 Å². The van der Waals surface area contributed by atoms with Crippen LogP contribution in [0.1, 0.15) is 11.1 Å². The van der Waals surface area contributed by atoms with E-state index in [1.165, 1.54) is 11.8 Å². The van der Waals surface area contributed by atoms with Crippen LogP contribution in [-0.4, -0.2) is 11.1 Å². The molecule has 1 saturated heterocycles. The molecule has 162 valence electrons. The van der Waals surface area contributed by atoms with Crippen LogP contribution in [0.25, 0.3) is 6.08 Å². The predicted octanol–water partition coefficient (Wildman–Crippen LogP) is 7.88. The monoisotopic (exact) mass is 566 g/mol. The van der Waals surface area contributed by atoms with Crippen LogP contribution >= 0.6 is 62.5 Å². The van der Waals surface area contributed by atoms with Crippen LogP contribution in [0.15, 0.2) is 75.0 Å². The third-order valence-corrected chi connectivity index (χ3v) is 6.76. The number of benzene rings is 3. The number of amidine groups is 1. The van der Waals surface area contributed by atoms with E-state index in [0.717, 1.165) is 11.1 Å². The largest absolute Gasteiger partial charge is 0.486 e. The van der Waals surface area contributed by atoms with Crippen molar-refractivity contribution in [3.8, 4) is 5.75 Å². The van der Waals surface area contributed by atoms with Crippen molar-refractivity contribution >= 4 is 85.3 Å². The molecular weight excluding hydrogens is 555 g/mol. The molecular formula is C23H14BrCl3N2O2S. The highest BCUT2D eigenvalue weighted by molar-refractivity contribution is 9.10. The number of hydrogen-bond acceptors (Lipinski definition) is 4. The normalized spacial score (nSPS) is 15.9. The maximum absolute atomic E-state index is 12.4. The van der Waals surface area contributed by atoms with E-state index in [4.69, 9.17) is 39.5 Å². The number of aliphatic imine (C=N–C) groups is 1. The van der Waals surface area contributed by atoms with Gasteiger partial charge in [0, 0.05) is 15.6 Å². The summed E-state index contributed by atoms with van der Waals surface area (Å²) in [6.07, 6.45) is 1.75. The van der Waals surface area contributed by atoms with Gasteiger partial charge in [0.15, 0.2) is 10.9 Å². The Morgan fingerprint density at radius 1 is 1.03 bits per heavy atom. The van der Waals surface area contributed by atoms with Crippen LogP contribution in [0.2, 0.25) is 15.1 Å². The number of ether oxygens (including phenoxy) is 1. The molecule has 9 heteroatoms. The van der Waals surface area contributed by atoms with Crippen molar-refractivity contribution in [2.45, 2.75) is 6.61 Å². The van der Waals surface area contributed by atoms with Gasteiger partial charge in [0.25, 0.3) is 5.91 Å². The Hall–Kier alpha value is -1.96. The van der Waals surface area contributed by atoms with Gasteiger partial charge in [0.05, 0.1) is 20.1 Å². The van der Waals surface area contributed by atoms with Crippen LogP contribution in [0.4, 0.5) is 5.69 Å². The summed E-state index contributed by atoms with van der Waals surface area (Å²) in [5.74, 6) is 0.274. The summed E-state index contributed by atoms with van der Waals surface area (Å²) >= 11 is 23.3. The quantitative estimate of drug-likeness (QED) is 0.319. The second-order valence-electron chi connectivity index (χ2n) is 6.65. The Bertz CT molecular complexity index is 1220. The molecule has 4 nitrogen and oxygen atoms in total. The standard InChI is InChI=1S/C23H14BrCl3N2O2S/c24-17-9-13(10-19(27)21(17)31-12-14-3-1-2-4-18(14)26)11-20-22(30)29-23(32-20)28-16-7-5-15(25)6-8-16/h1-11H,12H2,(H,28,29,30)/b20-11-. The topological polar surface area (TPSA) is 50.7 Å². The Morgan fingerprint density at radius 2 is 1.78 bits per heavy atom. The number of hydrogen-bond donors (Lipinski definition) is 1. The van der Waals surface area contributed by atoms with E-state index in [1.54, 1.807) is 42.5 Å². The van der Waals surface area contributed by atoms with E-state index < -0.39 is 0 Å². The molecule has 0 unspecified atom stereocenters. The smallest absolute Gasteiger partial charge is 0.264 e. The lowest BCUT2D eigenvalue weighted by atomic mass is 10.2. The van der Waals surface area contributed by atoms with Gasteiger partial charge in [-0.25, -0.2) is 4.99 Å². The molecule has 1 amide bonds. The Labute approximate surface area is 212 Å². The van der Waals surface area contributed by atoms with Crippen LogP contribution in [0.5, 0.6) is 5.75 Å². The summed E-state index contributed by atoms with van der Waals surface area (Å²) in [5.41, 5.74) is 2.30. The van der Waals surface area contributed by atoms with Crippen LogP contribution < -0.4 is 10.1 Å². The second-order valence-corrected chi connectivity index (χ2v) is 9.79. The molecule has 1 N–H and O–H groups in total.